The third-order valence-electron chi connectivity index (χ3n) is 1.30. The summed E-state index contributed by atoms with van der Waals surface area (Å²) in [6.45, 7) is 3.66. The van der Waals surface area contributed by atoms with Crippen molar-refractivity contribution in [2.24, 2.45) is 5.92 Å². The molecule has 2 N–H and O–H groups in total. The Morgan fingerprint density at radius 2 is 2.18 bits per heavy atom. The number of hydrogen-bond acceptors (Lipinski definition) is 3. The molecule has 63 valence electrons. The molecule has 11 heavy (non-hydrogen) atoms. The van der Waals surface area contributed by atoms with Crippen molar-refractivity contribution in [3.63, 3.8) is 0 Å². The standard InChI is InChI=1S/C6H13BNO3/c1-4(2)5(6(9)10)8-7-11-3/h4-5,8H,1-3H3,(H,9,10). The van der Waals surface area contributed by atoms with Gasteiger partial charge < -0.3 is 15.0 Å². The average Bonchev–Trinajstić information content (AvgIpc) is 1.87. The van der Waals surface area contributed by atoms with Crippen molar-refractivity contribution in [2.45, 2.75) is 19.9 Å². The van der Waals surface area contributed by atoms with E-state index in [0.717, 1.165) is 0 Å². The predicted molar refractivity (Wildman–Crippen MR) is 42.2 cm³/mol. The van der Waals surface area contributed by atoms with E-state index in [0.29, 0.717) is 0 Å². The van der Waals surface area contributed by atoms with Crippen LogP contribution in [0.2, 0.25) is 0 Å². The summed E-state index contributed by atoms with van der Waals surface area (Å²) in [6.07, 6.45) is 0. The van der Waals surface area contributed by atoms with Gasteiger partial charge in [0.1, 0.15) is 0 Å². The van der Waals surface area contributed by atoms with Gasteiger partial charge in [-0.15, -0.1) is 0 Å². The molecule has 0 spiro atoms. The summed E-state index contributed by atoms with van der Waals surface area (Å²) in [6, 6.07) is -0.574. The molecule has 0 aliphatic rings. The molecule has 4 nitrogen and oxygen atoms in total. The van der Waals surface area contributed by atoms with E-state index in [9.17, 15) is 4.79 Å². The quantitative estimate of drug-likeness (QED) is 0.547. The summed E-state index contributed by atoms with van der Waals surface area (Å²) in [5.74, 6) is -0.827. The van der Waals surface area contributed by atoms with Gasteiger partial charge in [-0.1, -0.05) is 13.8 Å². The van der Waals surface area contributed by atoms with Crippen LogP contribution in [0, 0.1) is 5.92 Å². The molecule has 1 radical (unpaired) electrons. The minimum atomic E-state index is -0.867. The van der Waals surface area contributed by atoms with Crippen molar-refractivity contribution >= 4 is 13.6 Å². The number of rotatable bonds is 5. The van der Waals surface area contributed by atoms with Crippen LogP contribution in [0.5, 0.6) is 0 Å². The summed E-state index contributed by atoms with van der Waals surface area (Å²) < 4.78 is 4.57. The van der Waals surface area contributed by atoms with E-state index < -0.39 is 12.0 Å². The first-order valence-electron chi connectivity index (χ1n) is 3.43. The largest absolute Gasteiger partial charge is 0.480 e. The Bertz CT molecular complexity index is 129. The molecule has 1 atom stereocenters. The fourth-order valence-electron chi connectivity index (χ4n) is 0.690. The first-order valence-corrected chi connectivity index (χ1v) is 3.43. The van der Waals surface area contributed by atoms with E-state index in [4.69, 9.17) is 5.11 Å². The third-order valence-corrected chi connectivity index (χ3v) is 1.30. The predicted octanol–water partition coefficient (Wildman–Crippen LogP) is -0.134. The maximum Gasteiger partial charge on any atom is 0.396 e. The van der Waals surface area contributed by atoms with Crippen molar-refractivity contribution in [1.82, 2.24) is 5.23 Å². The zero-order chi connectivity index (χ0) is 8.85. The van der Waals surface area contributed by atoms with Crippen LogP contribution in [0.25, 0.3) is 0 Å². The van der Waals surface area contributed by atoms with Crippen LogP contribution in [-0.2, 0) is 9.45 Å². The van der Waals surface area contributed by atoms with Gasteiger partial charge in [0.25, 0.3) is 0 Å². The highest BCUT2D eigenvalue weighted by molar-refractivity contribution is 6.24. The van der Waals surface area contributed by atoms with E-state index >= 15 is 0 Å². The summed E-state index contributed by atoms with van der Waals surface area (Å²) in [5.41, 5.74) is 0. The highest BCUT2D eigenvalue weighted by atomic mass is 16.4. The van der Waals surface area contributed by atoms with Crippen LogP contribution in [0.3, 0.4) is 0 Å². The van der Waals surface area contributed by atoms with Crippen LogP contribution in [0.4, 0.5) is 0 Å². The summed E-state index contributed by atoms with van der Waals surface area (Å²) in [7, 11) is 2.74. The topological polar surface area (TPSA) is 58.6 Å². The van der Waals surface area contributed by atoms with Gasteiger partial charge in [-0.2, -0.15) is 0 Å². The Labute approximate surface area is 67.2 Å². The molecular weight excluding hydrogens is 145 g/mol. The third kappa shape index (κ3) is 4.00. The minimum absolute atomic E-state index is 0.0406. The number of carboxylic acids is 1. The number of carboxylic acid groups (broad SMARTS) is 1. The minimum Gasteiger partial charge on any atom is -0.480 e. The van der Waals surface area contributed by atoms with Crippen molar-refractivity contribution in [1.29, 1.82) is 0 Å². The second kappa shape index (κ2) is 5.15. The van der Waals surface area contributed by atoms with Gasteiger partial charge in [-0.3, -0.25) is 4.79 Å². The van der Waals surface area contributed by atoms with Crippen LogP contribution in [-0.4, -0.2) is 31.8 Å². The molecule has 0 aliphatic heterocycles. The van der Waals surface area contributed by atoms with Gasteiger partial charge in [0, 0.05) is 7.11 Å². The van der Waals surface area contributed by atoms with Crippen LogP contribution in [0.1, 0.15) is 13.8 Å². The van der Waals surface area contributed by atoms with E-state index in [1.807, 2.05) is 13.8 Å². The van der Waals surface area contributed by atoms with Crippen molar-refractivity contribution in [3.8, 4) is 0 Å². The highest BCUT2D eigenvalue weighted by Crippen LogP contribution is 2.00. The van der Waals surface area contributed by atoms with Gasteiger partial charge in [-0.05, 0) is 5.92 Å². The highest BCUT2D eigenvalue weighted by Gasteiger charge is 2.20. The van der Waals surface area contributed by atoms with Gasteiger partial charge in [0.15, 0.2) is 0 Å². The van der Waals surface area contributed by atoms with Crippen molar-refractivity contribution < 1.29 is 14.6 Å². The lowest BCUT2D eigenvalue weighted by atomic mass is 10.0. The van der Waals surface area contributed by atoms with E-state index in [1.165, 1.54) is 14.7 Å². The first kappa shape index (κ1) is 10.5. The lowest BCUT2D eigenvalue weighted by Crippen LogP contribution is -2.43. The SMILES string of the molecule is CO[B]NC(C(=O)O)C(C)C. The van der Waals surface area contributed by atoms with Gasteiger partial charge in [0.2, 0.25) is 0 Å². The molecule has 0 saturated carbocycles. The van der Waals surface area contributed by atoms with Gasteiger partial charge >= 0.3 is 13.6 Å². The Hall–Kier alpha value is -0.545. The summed E-state index contributed by atoms with van der Waals surface area (Å²) in [4.78, 5) is 10.5. The maximum atomic E-state index is 10.5. The molecule has 5 heteroatoms. The molecule has 0 aromatic heterocycles. The van der Waals surface area contributed by atoms with Crippen molar-refractivity contribution in [3.05, 3.63) is 0 Å². The average molecular weight is 158 g/mol. The van der Waals surface area contributed by atoms with Crippen LogP contribution >= 0.6 is 0 Å². The molecule has 0 fully saturated rings. The summed E-state index contributed by atoms with van der Waals surface area (Å²) in [5, 5.41) is 11.3. The summed E-state index contributed by atoms with van der Waals surface area (Å²) >= 11 is 0. The monoisotopic (exact) mass is 158 g/mol. The Morgan fingerprint density at radius 3 is 2.45 bits per heavy atom. The van der Waals surface area contributed by atoms with Crippen molar-refractivity contribution in [2.75, 3.05) is 7.11 Å². The molecule has 0 aromatic carbocycles. The van der Waals surface area contributed by atoms with Gasteiger partial charge in [0.05, 0.1) is 6.04 Å². The molecule has 1 unspecified atom stereocenters. The molecule has 0 amide bonds. The number of nitrogens with one attached hydrogen (secondary N) is 1. The molecule has 0 bridgehead atoms. The maximum absolute atomic E-state index is 10.5. The zero-order valence-electron chi connectivity index (χ0n) is 7.00. The Balaban J connectivity index is 3.80. The Kier molecular flexibility index (Phi) is 4.90. The molecule has 0 rings (SSSR count). The smallest absolute Gasteiger partial charge is 0.396 e. The lowest BCUT2D eigenvalue weighted by molar-refractivity contribution is -0.140. The Morgan fingerprint density at radius 1 is 1.64 bits per heavy atom. The molecule has 0 aliphatic carbocycles. The van der Waals surface area contributed by atoms with E-state index in [-0.39, 0.29) is 5.92 Å². The second-order valence-corrected chi connectivity index (χ2v) is 2.58. The molecule has 0 heterocycles. The molecule has 0 aromatic rings. The van der Waals surface area contributed by atoms with E-state index in [1.54, 1.807) is 0 Å². The fraction of sp³-hybridized carbons (Fsp3) is 0.833. The zero-order valence-corrected chi connectivity index (χ0v) is 7.00. The molecular formula is C6H13BNO3. The fourth-order valence-corrected chi connectivity index (χ4v) is 0.690. The van der Waals surface area contributed by atoms with Crippen LogP contribution < -0.4 is 5.23 Å². The normalized spacial score (nSPS) is 13.1. The lowest BCUT2D eigenvalue weighted by Gasteiger charge is -2.15. The molecule has 0 saturated heterocycles. The van der Waals surface area contributed by atoms with E-state index in [2.05, 4.69) is 9.88 Å². The number of carbonyl (C=O) groups is 1. The first-order chi connectivity index (χ1) is 5.09. The second-order valence-electron chi connectivity index (χ2n) is 2.58. The van der Waals surface area contributed by atoms with Crippen LogP contribution in [0.15, 0.2) is 0 Å². The number of hydrogen-bond donors (Lipinski definition) is 2. The number of aliphatic carboxylic acids is 1. The van der Waals surface area contributed by atoms with Gasteiger partial charge in [-0.25, -0.2) is 0 Å².